The smallest absolute Gasteiger partial charge is 0.312 e. The van der Waals surface area contributed by atoms with E-state index >= 15 is 0 Å². The number of nitrogens with one attached hydrogen (secondary N) is 2. The Morgan fingerprint density at radius 2 is 1.89 bits per heavy atom. The number of rotatable bonds is 10. The van der Waals surface area contributed by atoms with Crippen LogP contribution in [0.1, 0.15) is 58.8 Å². The summed E-state index contributed by atoms with van der Waals surface area (Å²) in [5.74, 6) is 0.0954. The fourth-order valence-electron chi connectivity index (χ4n) is 1.74. The monoisotopic (exact) mass is 257 g/mol. The molecule has 0 heterocycles. The lowest BCUT2D eigenvalue weighted by molar-refractivity contribution is -0.121. The van der Waals surface area contributed by atoms with Gasteiger partial charge < -0.3 is 16.4 Å². The van der Waals surface area contributed by atoms with E-state index in [-0.39, 0.29) is 11.9 Å². The van der Waals surface area contributed by atoms with Crippen molar-refractivity contribution in [3.63, 3.8) is 0 Å². The summed E-state index contributed by atoms with van der Waals surface area (Å²) in [5.41, 5.74) is 4.93. The van der Waals surface area contributed by atoms with E-state index in [2.05, 4.69) is 17.6 Å². The highest BCUT2D eigenvalue weighted by Crippen LogP contribution is 2.03. The third kappa shape index (κ3) is 11.2. The lowest BCUT2D eigenvalue weighted by Gasteiger charge is -2.13. The number of hydrogen-bond donors (Lipinski definition) is 3. The van der Waals surface area contributed by atoms with E-state index in [0.717, 1.165) is 19.3 Å². The van der Waals surface area contributed by atoms with Gasteiger partial charge in [0.2, 0.25) is 5.91 Å². The van der Waals surface area contributed by atoms with Crippen molar-refractivity contribution >= 4 is 11.9 Å². The van der Waals surface area contributed by atoms with Crippen LogP contribution in [0.15, 0.2) is 0 Å². The van der Waals surface area contributed by atoms with Crippen LogP contribution in [-0.2, 0) is 4.79 Å². The molecule has 18 heavy (non-hydrogen) atoms. The third-order valence-electron chi connectivity index (χ3n) is 2.78. The van der Waals surface area contributed by atoms with Gasteiger partial charge in [0.1, 0.15) is 0 Å². The number of urea groups is 1. The van der Waals surface area contributed by atoms with E-state index in [1.165, 1.54) is 19.3 Å². The van der Waals surface area contributed by atoms with Crippen molar-refractivity contribution in [3.8, 4) is 0 Å². The fraction of sp³-hybridized carbons (Fsp3) is 0.846. The second-order valence-electron chi connectivity index (χ2n) is 4.71. The Labute approximate surface area is 110 Å². The van der Waals surface area contributed by atoms with Crippen LogP contribution in [0.25, 0.3) is 0 Å². The molecule has 0 aliphatic heterocycles. The summed E-state index contributed by atoms with van der Waals surface area (Å²) in [6.07, 6.45) is 6.70. The Morgan fingerprint density at radius 1 is 1.17 bits per heavy atom. The molecule has 0 aliphatic rings. The standard InChI is InChI=1S/C13H27N3O2/c1-3-4-5-8-11(2)16-12(17)9-6-7-10-15-13(14)18/h11H,3-10H2,1-2H3,(H,16,17)(H3,14,15,18). The van der Waals surface area contributed by atoms with Gasteiger partial charge in [-0.15, -0.1) is 0 Å². The summed E-state index contributed by atoms with van der Waals surface area (Å²) in [6, 6.07) is -0.253. The molecule has 0 aromatic rings. The van der Waals surface area contributed by atoms with Crippen molar-refractivity contribution in [1.82, 2.24) is 10.6 Å². The molecule has 0 spiro atoms. The van der Waals surface area contributed by atoms with Crippen LogP contribution in [0, 0.1) is 0 Å². The Morgan fingerprint density at radius 3 is 2.50 bits per heavy atom. The molecule has 0 aliphatic carbocycles. The van der Waals surface area contributed by atoms with Gasteiger partial charge in [0.15, 0.2) is 0 Å². The van der Waals surface area contributed by atoms with Crippen LogP contribution in [0.4, 0.5) is 4.79 Å². The van der Waals surface area contributed by atoms with Crippen molar-refractivity contribution in [2.24, 2.45) is 5.73 Å². The highest BCUT2D eigenvalue weighted by molar-refractivity contribution is 5.76. The second kappa shape index (κ2) is 10.9. The summed E-state index contributed by atoms with van der Waals surface area (Å²) in [6.45, 7) is 4.75. The molecule has 1 unspecified atom stereocenters. The van der Waals surface area contributed by atoms with Crippen LogP contribution in [-0.4, -0.2) is 24.5 Å². The maximum absolute atomic E-state index is 11.6. The normalized spacial score (nSPS) is 11.9. The molecule has 0 rings (SSSR count). The van der Waals surface area contributed by atoms with Crippen molar-refractivity contribution in [2.75, 3.05) is 6.54 Å². The molecular formula is C13H27N3O2. The van der Waals surface area contributed by atoms with E-state index in [0.29, 0.717) is 13.0 Å². The predicted molar refractivity (Wildman–Crippen MR) is 73.2 cm³/mol. The van der Waals surface area contributed by atoms with Gasteiger partial charge >= 0.3 is 6.03 Å². The fourth-order valence-corrected chi connectivity index (χ4v) is 1.74. The zero-order valence-corrected chi connectivity index (χ0v) is 11.6. The first-order valence-corrected chi connectivity index (χ1v) is 6.89. The Kier molecular flexibility index (Phi) is 10.1. The predicted octanol–water partition coefficient (Wildman–Crippen LogP) is 1.91. The van der Waals surface area contributed by atoms with Crippen LogP contribution in [0.2, 0.25) is 0 Å². The molecule has 1 atom stereocenters. The lowest BCUT2D eigenvalue weighted by atomic mass is 10.1. The molecule has 3 amide bonds. The average Bonchev–Trinajstić information content (AvgIpc) is 2.28. The minimum atomic E-state index is -0.510. The second-order valence-corrected chi connectivity index (χ2v) is 4.71. The van der Waals surface area contributed by atoms with Crippen molar-refractivity contribution in [3.05, 3.63) is 0 Å². The summed E-state index contributed by atoms with van der Waals surface area (Å²) < 4.78 is 0. The highest BCUT2D eigenvalue weighted by atomic mass is 16.2. The topological polar surface area (TPSA) is 84.2 Å². The largest absolute Gasteiger partial charge is 0.354 e. The van der Waals surface area contributed by atoms with Crippen molar-refractivity contribution < 1.29 is 9.59 Å². The molecule has 106 valence electrons. The summed E-state index contributed by atoms with van der Waals surface area (Å²) >= 11 is 0. The summed E-state index contributed by atoms with van der Waals surface area (Å²) in [4.78, 5) is 22.0. The minimum absolute atomic E-state index is 0.0954. The molecule has 0 radical (unpaired) electrons. The number of unbranched alkanes of at least 4 members (excludes halogenated alkanes) is 3. The van der Waals surface area contributed by atoms with E-state index in [4.69, 9.17) is 5.73 Å². The van der Waals surface area contributed by atoms with Crippen LogP contribution >= 0.6 is 0 Å². The molecule has 0 aromatic heterocycles. The SMILES string of the molecule is CCCCCC(C)NC(=O)CCCCNC(N)=O. The minimum Gasteiger partial charge on any atom is -0.354 e. The van der Waals surface area contributed by atoms with Gasteiger partial charge in [-0.05, 0) is 26.2 Å². The molecule has 4 N–H and O–H groups in total. The lowest BCUT2D eigenvalue weighted by Crippen LogP contribution is -2.33. The number of amides is 3. The van der Waals surface area contributed by atoms with E-state index in [1.54, 1.807) is 0 Å². The van der Waals surface area contributed by atoms with Gasteiger partial charge in [-0.25, -0.2) is 4.79 Å². The number of carbonyl (C=O) groups excluding carboxylic acids is 2. The molecule has 0 saturated heterocycles. The number of carbonyl (C=O) groups is 2. The Balaban J connectivity index is 3.43. The van der Waals surface area contributed by atoms with Crippen molar-refractivity contribution in [1.29, 1.82) is 0 Å². The van der Waals surface area contributed by atoms with Gasteiger partial charge in [0.25, 0.3) is 0 Å². The van der Waals surface area contributed by atoms with Crippen LogP contribution in [0.3, 0.4) is 0 Å². The van der Waals surface area contributed by atoms with Crippen molar-refractivity contribution in [2.45, 2.75) is 64.8 Å². The first kappa shape index (κ1) is 16.7. The number of hydrogen-bond acceptors (Lipinski definition) is 2. The zero-order chi connectivity index (χ0) is 13.8. The van der Waals surface area contributed by atoms with Gasteiger partial charge in [-0.3, -0.25) is 4.79 Å². The molecular weight excluding hydrogens is 230 g/mol. The van der Waals surface area contributed by atoms with Crippen LogP contribution < -0.4 is 16.4 Å². The Hall–Kier alpha value is -1.26. The molecule has 5 nitrogen and oxygen atoms in total. The van der Waals surface area contributed by atoms with Gasteiger partial charge in [0, 0.05) is 19.0 Å². The summed E-state index contributed by atoms with van der Waals surface area (Å²) in [7, 11) is 0. The van der Waals surface area contributed by atoms with E-state index in [9.17, 15) is 9.59 Å². The number of nitrogens with two attached hydrogens (primary N) is 1. The molecule has 0 bridgehead atoms. The highest BCUT2D eigenvalue weighted by Gasteiger charge is 2.06. The van der Waals surface area contributed by atoms with Crippen LogP contribution in [0.5, 0.6) is 0 Å². The Bertz CT molecular complexity index is 244. The van der Waals surface area contributed by atoms with E-state index in [1.807, 2.05) is 6.92 Å². The first-order chi connectivity index (χ1) is 8.56. The summed E-state index contributed by atoms with van der Waals surface area (Å²) in [5, 5.41) is 5.49. The van der Waals surface area contributed by atoms with Gasteiger partial charge in [-0.1, -0.05) is 26.2 Å². The average molecular weight is 257 g/mol. The molecule has 0 saturated carbocycles. The molecule has 5 heteroatoms. The number of primary amides is 1. The molecule has 0 fully saturated rings. The molecule has 0 aromatic carbocycles. The first-order valence-electron chi connectivity index (χ1n) is 6.89. The maximum Gasteiger partial charge on any atom is 0.312 e. The third-order valence-corrected chi connectivity index (χ3v) is 2.78. The van der Waals surface area contributed by atoms with Gasteiger partial charge in [0.05, 0.1) is 0 Å². The zero-order valence-electron chi connectivity index (χ0n) is 11.6. The van der Waals surface area contributed by atoms with Gasteiger partial charge in [-0.2, -0.15) is 0 Å². The van der Waals surface area contributed by atoms with E-state index < -0.39 is 6.03 Å². The quantitative estimate of drug-likeness (QED) is 0.522. The maximum atomic E-state index is 11.6.